The predicted octanol–water partition coefficient (Wildman–Crippen LogP) is 1.50. The first-order valence-corrected chi connectivity index (χ1v) is 5.82. The molecule has 1 rings (SSSR count). The van der Waals surface area contributed by atoms with Crippen LogP contribution < -0.4 is 0 Å². The van der Waals surface area contributed by atoms with E-state index in [1.807, 2.05) is 20.8 Å². The Hall–Kier alpha value is -1.10. The third kappa shape index (κ3) is 3.43. The summed E-state index contributed by atoms with van der Waals surface area (Å²) in [4.78, 5) is 22.1. The van der Waals surface area contributed by atoms with Gasteiger partial charge in [-0.25, -0.2) is 0 Å². The van der Waals surface area contributed by atoms with Crippen molar-refractivity contribution in [3.8, 4) is 0 Å². The van der Waals surface area contributed by atoms with Gasteiger partial charge in [-0.05, 0) is 12.8 Å². The average Bonchev–Trinajstić information content (AvgIpc) is 2.20. The first kappa shape index (κ1) is 14.0. The zero-order chi connectivity index (χ0) is 13.2. The fraction of sp³-hybridized carbons (Fsp3) is 0.833. The van der Waals surface area contributed by atoms with Crippen LogP contribution in [-0.4, -0.2) is 30.4 Å². The Kier molecular flexibility index (Phi) is 4.51. The second kappa shape index (κ2) is 5.49. The van der Waals surface area contributed by atoms with Gasteiger partial charge in [0.05, 0.1) is 6.10 Å². The molecule has 0 aromatic rings. The molecule has 98 valence electrons. The molecule has 5 heteroatoms. The first-order chi connectivity index (χ1) is 7.82. The molecule has 5 atom stereocenters. The number of carbonyl (C=O) groups excluding carboxylic acids is 2. The summed E-state index contributed by atoms with van der Waals surface area (Å²) in [5, 5.41) is 0. The molecule has 2 unspecified atom stereocenters. The largest absolute Gasteiger partial charge is 0.456 e. The molecule has 0 radical (unpaired) electrons. The Labute approximate surface area is 101 Å². The molecule has 0 aromatic heterocycles. The minimum Gasteiger partial charge on any atom is -0.456 e. The van der Waals surface area contributed by atoms with Crippen LogP contribution in [0.2, 0.25) is 0 Å². The van der Waals surface area contributed by atoms with E-state index in [0.29, 0.717) is 0 Å². The van der Waals surface area contributed by atoms with Crippen LogP contribution in [0.15, 0.2) is 0 Å². The second-order valence-corrected chi connectivity index (χ2v) is 4.61. The molecular formula is C12H20O5. The van der Waals surface area contributed by atoms with Crippen LogP contribution in [-0.2, 0) is 23.8 Å². The van der Waals surface area contributed by atoms with Crippen molar-refractivity contribution in [3.05, 3.63) is 0 Å². The maximum Gasteiger partial charge on any atom is 0.305 e. The lowest BCUT2D eigenvalue weighted by molar-refractivity contribution is -0.263. The Balaban J connectivity index is 2.82. The van der Waals surface area contributed by atoms with Crippen LogP contribution in [0.25, 0.3) is 0 Å². The van der Waals surface area contributed by atoms with E-state index in [9.17, 15) is 9.59 Å². The number of carbonyl (C=O) groups is 2. The molecule has 0 amide bonds. The zero-order valence-corrected chi connectivity index (χ0v) is 10.9. The second-order valence-electron chi connectivity index (χ2n) is 4.61. The van der Waals surface area contributed by atoms with Gasteiger partial charge in [0.2, 0.25) is 6.29 Å². The van der Waals surface area contributed by atoms with E-state index in [0.717, 1.165) is 0 Å². The number of esters is 2. The van der Waals surface area contributed by atoms with Crippen LogP contribution in [0.1, 0.15) is 34.6 Å². The summed E-state index contributed by atoms with van der Waals surface area (Å²) in [5.41, 5.74) is 0. The van der Waals surface area contributed by atoms with Gasteiger partial charge in [-0.1, -0.05) is 13.8 Å². The van der Waals surface area contributed by atoms with E-state index in [-0.39, 0.29) is 17.9 Å². The van der Waals surface area contributed by atoms with Gasteiger partial charge < -0.3 is 14.2 Å². The highest BCUT2D eigenvalue weighted by Gasteiger charge is 2.43. The van der Waals surface area contributed by atoms with Crippen molar-refractivity contribution in [1.29, 1.82) is 0 Å². The topological polar surface area (TPSA) is 61.8 Å². The molecule has 0 N–H and O–H groups in total. The number of hydrogen-bond acceptors (Lipinski definition) is 5. The summed E-state index contributed by atoms with van der Waals surface area (Å²) in [6.07, 6.45) is -1.39. The molecule has 1 aliphatic rings. The highest BCUT2D eigenvalue weighted by Crippen LogP contribution is 2.33. The van der Waals surface area contributed by atoms with Gasteiger partial charge in [-0.15, -0.1) is 0 Å². The van der Waals surface area contributed by atoms with E-state index in [1.165, 1.54) is 13.8 Å². The smallest absolute Gasteiger partial charge is 0.305 e. The van der Waals surface area contributed by atoms with Crippen molar-refractivity contribution in [2.75, 3.05) is 0 Å². The van der Waals surface area contributed by atoms with Crippen LogP contribution in [0.3, 0.4) is 0 Å². The average molecular weight is 244 g/mol. The number of ether oxygens (including phenoxy) is 3. The summed E-state index contributed by atoms with van der Waals surface area (Å²) in [5.74, 6) is -0.538. The van der Waals surface area contributed by atoms with Gasteiger partial charge in [-0.2, -0.15) is 0 Å². The van der Waals surface area contributed by atoms with Crippen molar-refractivity contribution >= 4 is 11.9 Å². The van der Waals surface area contributed by atoms with E-state index in [1.54, 1.807) is 0 Å². The Morgan fingerprint density at radius 1 is 0.941 bits per heavy atom. The Bertz CT molecular complexity index is 301. The zero-order valence-electron chi connectivity index (χ0n) is 10.9. The van der Waals surface area contributed by atoms with Gasteiger partial charge in [0.1, 0.15) is 0 Å². The highest BCUT2D eigenvalue weighted by atomic mass is 16.7. The fourth-order valence-electron chi connectivity index (χ4n) is 2.00. The summed E-state index contributed by atoms with van der Waals surface area (Å²) >= 11 is 0. The molecule has 1 saturated heterocycles. The molecule has 5 nitrogen and oxygen atoms in total. The maximum atomic E-state index is 11.1. The normalized spacial score (nSPS) is 37.4. The molecule has 1 heterocycles. The molecule has 0 spiro atoms. The lowest BCUT2D eigenvalue weighted by atomic mass is 9.84. The summed E-state index contributed by atoms with van der Waals surface area (Å²) in [6, 6.07) is 0. The van der Waals surface area contributed by atoms with Gasteiger partial charge in [0.25, 0.3) is 0 Å². The van der Waals surface area contributed by atoms with Crippen LogP contribution in [0, 0.1) is 11.8 Å². The van der Waals surface area contributed by atoms with Crippen LogP contribution >= 0.6 is 0 Å². The molecule has 17 heavy (non-hydrogen) atoms. The van der Waals surface area contributed by atoms with Gasteiger partial charge in [0.15, 0.2) is 6.10 Å². The van der Waals surface area contributed by atoms with Crippen molar-refractivity contribution in [3.63, 3.8) is 0 Å². The van der Waals surface area contributed by atoms with Gasteiger partial charge in [0, 0.05) is 19.8 Å². The van der Waals surface area contributed by atoms with E-state index in [2.05, 4.69) is 0 Å². The molecular weight excluding hydrogens is 224 g/mol. The van der Waals surface area contributed by atoms with E-state index >= 15 is 0 Å². The summed E-state index contributed by atoms with van der Waals surface area (Å²) in [6.45, 7) is 8.55. The van der Waals surface area contributed by atoms with Crippen LogP contribution in [0.4, 0.5) is 0 Å². The highest BCUT2D eigenvalue weighted by molar-refractivity contribution is 5.67. The lowest BCUT2D eigenvalue weighted by Gasteiger charge is -2.42. The van der Waals surface area contributed by atoms with Gasteiger partial charge in [-0.3, -0.25) is 9.59 Å². The Morgan fingerprint density at radius 2 is 1.47 bits per heavy atom. The van der Waals surface area contributed by atoms with Crippen molar-refractivity contribution < 1.29 is 23.8 Å². The maximum absolute atomic E-state index is 11.1. The van der Waals surface area contributed by atoms with Gasteiger partial charge >= 0.3 is 11.9 Å². The minimum atomic E-state index is -0.808. The molecule has 1 fully saturated rings. The molecule has 0 saturated carbocycles. The SMILES string of the molecule is CC(=O)OC1O[C@@H](C)[C@H](C)C(C)[C@@H]1OC(C)=O. The summed E-state index contributed by atoms with van der Waals surface area (Å²) in [7, 11) is 0. The molecule has 1 aliphatic heterocycles. The fourth-order valence-corrected chi connectivity index (χ4v) is 2.00. The van der Waals surface area contributed by atoms with Crippen molar-refractivity contribution in [1.82, 2.24) is 0 Å². The predicted molar refractivity (Wildman–Crippen MR) is 60.0 cm³/mol. The Morgan fingerprint density at radius 3 is 1.94 bits per heavy atom. The quantitative estimate of drug-likeness (QED) is 0.689. The standard InChI is InChI=1S/C12H20O5/c1-6-7(2)11(16-9(4)13)12(15-8(6)3)17-10(5)14/h6-8,11-12H,1-5H3/t6-,7?,8+,11+,12?/m1/s1. The molecule has 0 bridgehead atoms. The van der Waals surface area contributed by atoms with E-state index in [4.69, 9.17) is 14.2 Å². The van der Waals surface area contributed by atoms with Crippen LogP contribution in [0.5, 0.6) is 0 Å². The number of rotatable bonds is 2. The summed E-state index contributed by atoms with van der Waals surface area (Å²) < 4.78 is 15.8. The molecule has 0 aromatic carbocycles. The van der Waals surface area contributed by atoms with Crippen molar-refractivity contribution in [2.24, 2.45) is 11.8 Å². The third-order valence-electron chi connectivity index (χ3n) is 3.29. The third-order valence-corrected chi connectivity index (χ3v) is 3.29. The molecule has 0 aliphatic carbocycles. The minimum absolute atomic E-state index is 0.0406. The monoisotopic (exact) mass is 244 g/mol. The number of hydrogen-bond donors (Lipinski definition) is 0. The first-order valence-electron chi connectivity index (χ1n) is 5.82. The van der Waals surface area contributed by atoms with E-state index < -0.39 is 24.3 Å². The lowest BCUT2D eigenvalue weighted by Crippen LogP contribution is -2.51. The van der Waals surface area contributed by atoms with Crippen molar-refractivity contribution in [2.45, 2.75) is 53.1 Å².